The Morgan fingerprint density at radius 3 is 2.31 bits per heavy atom. The standard InChI is InChI=1S/C8H10O4S/c1-7-2-4-8(5-3-7)13(10,11)12-6-9/h2-5,9H,6H2,1H3. The van der Waals surface area contributed by atoms with E-state index in [1.54, 1.807) is 12.1 Å². The van der Waals surface area contributed by atoms with Gasteiger partial charge >= 0.3 is 0 Å². The van der Waals surface area contributed by atoms with Crippen LogP contribution in [0.15, 0.2) is 29.2 Å². The van der Waals surface area contributed by atoms with Crippen LogP contribution in [0.1, 0.15) is 5.56 Å². The summed E-state index contributed by atoms with van der Waals surface area (Å²) in [5, 5.41) is 8.32. The first-order valence-corrected chi connectivity index (χ1v) is 5.04. The molecule has 0 unspecified atom stereocenters. The van der Waals surface area contributed by atoms with E-state index in [2.05, 4.69) is 4.18 Å². The van der Waals surface area contributed by atoms with E-state index in [4.69, 9.17) is 5.11 Å². The number of aliphatic hydroxyl groups is 1. The Labute approximate surface area is 76.9 Å². The number of aryl methyl sites for hydroxylation is 1. The third-order valence-electron chi connectivity index (χ3n) is 1.52. The molecule has 0 heterocycles. The Morgan fingerprint density at radius 2 is 1.85 bits per heavy atom. The van der Waals surface area contributed by atoms with Gasteiger partial charge in [-0.15, -0.1) is 0 Å². The highest BCUT2D eigenvalue weighted by Gasteiger charge is 2.13. The zero-order valence-corrected chi connectivity index (χ0v) is 7.91. The summed E-state index contributed by atoms with van der Waals surface area (Å²) >= 11 is 0. The van der Waals surface area contributed by atoms with Gasteiger partial charge in [0.2, 0.25) is 0 Å². The average molecular weight is 202 g/mol. The highest BCUT2D eigenvalue weighted by Crippen LogP contribution is 2.12. The normalized spacial score (nSPS) is 11.5. The molecule has 1 N–H and O–H groups in total. The molecule has 0 spiro atoms. The third kappa shape index (κ3) is 2.51. The van der Waals surface area contributed by atoms with E-state index in [9.17, 15) is 8.42 Å². The van der Waals surface area contributed by atoms with Gasteiger partial charge in [-0.05, 0) is 19.1 Å². The molecule has 0 fully saturated rings. The summed E-state index contributed by atoms with van der Waals surface area (Å²) in [5.41, 5.74) is 0.961. The quantitative estimate of drug-likeness (QED) is 0.577. The van der Waals surface area contributed by atoms with Crippen LogP contribution in [0.5, 0.6) is 0 Å². The van der Waals surface area contributed by atoms with Crippen molar-refractivity contribution in [3.63, 3.8) is 0 Å². The van der Waals surface area contributed by atoms with Crippen molar-refractivity contribution in [1.82, 2.24) is 0 Å². The second-order valence-corrected chi connectivity index (χ2v) is 4.13. The largest absolute Gasteiger partial charge is 0.369 e. The lowest BCUT2D eigenvalue weighted by atomic mass is 10.2. The van der Waals surface area contributed by atoms with Gasteiger partial charge in [-0.3, -0.25) is 0 Å². The monoisotopic (exact) mass is 202 g/mol. The molecular weight excluding hydrogens is 192 g/mol. The van der Waals surface area contributed by atoms with Crippen molar-refractivity contribution in [1.29, 1.82) is 0 Å². The molecule has 0 saturated heterocycles. The lowest BCUT2D eigenvalue weighted by Crippen LogP contribution is -2.06. The Hall–Kier alpha value is -0.910. The summed E-state index contributed by atoms with van der Waals surface area (Å²) < 4.78 is 26.5. The van der Waals surface area contributed by atoms with E-state index < -0.39 is 16.9 Å². The molecule has 0 amide bonds. The first kappa shape index (κ1) is 10.2. The summed E-state index contributed by atoms with van der Waals surface area (Å²) in [4.78, 5) is 0.0483. The number of benzene rings is 1. The molecule has 0 saturated carbocycles. The first-order valence-electron chi connectivity index (χ1n) is 3.63. The molecule has 0 aliphatic heterocycles. The summed E-state index contributed by atoms with van der Waals surface area (Å²) in [6.07, 6.45) is 0. The maximum atomic E-state index is 11.2. The van der Waals surface area contributed by atoms with E-state index in [1.807, 2.05) is 6.92 Å². The molecule has 0 atom stereocenters. The molecule has 13 heavy (non-hydrogen) atoms. The van der Waals surface area contributed by atoms with Gasteiger partial charge in [0.1, 0.15) is 0 Å². The minimum atomic E-state index is -3.78. The van der Waals surface area contributed by atoms with Crippen molar-refractivity contribution in [3.8, 4) is 0 Å². The van der Waals surface area contributed by atoms with Crippen molar-refractivity contribution in [3.05, 3.63) is 29.8 Å². The van der Waals surface area contributed by atoms with Crippen LogP contribution in [0.3, 0.4) is 0 Å². The smallest absolute Gasteiger partial charge is 0.299 e. The molecule has 0 aliphatic rings. The highest BCUT2D eigenvalue weighted by atomic mass is 32.2. The predicted octanol–water partition coefficient (Wildman–Crippen LogP) is 0.650. The fraction of sp³-hybridized carbons (Fsp3) is 0.250. The predicted molar refractivity (Wildman–Crippen MR) is 46.5 cm³/mol. The number of hydrogen-bond acceptors (Lipinski definition) is 4. The molecule has 0 bridgehead atoms. The number of aliphatic hydroxyl groups excluding tert-OH is 1. The van der Waals surface area contributed by atoms with Gasteiger partial charge in [0.15, 0.2) is 6.79 Å². The molecule has 0 aliphatic carbocycles. The van der Waals surface area contributed by atoms with Gasteiger partial charge in [-0.1, -0.05) is 17.7 Å². The minimum absolute atomic E-state index is 0.0483. The molecule has 0 radical (unpaired) electrons. The van der Waals surface area contributed by atoms with E-state index in [0.29, 0.717) is 0 Å². The molecule has 1 aromatic rings. The molecule has 0 aromatic heterocycles. The average Bonchev–Trinajstić information content (AvgIpc) is 2.05. The Bertz CT molecular complexity index is 366. The van der Waals surface area contributed by atoms with E-state index in [1.165, 1.54) is 12.1 Å². The van der Waals surface area contributed by atoms with Crippen LogP contribution in [0.2, 0.25) is 0 Å². The fourth-order valence-electron chi connectivity index (χ4n) is 0.842. The molecule has 5 heteroatoms. The zero-order valence-electron chi connectivity index (χ0n) is 7.10. The number of hydrogen-bond donors (Lipinski definition) is 1. The van der Waals surface area contributed by atoms with Gasteiger partial charge in [0, 0.05) is 0 Å². The van der Waals surface area contributed by atoms with Crippen molar-refractivity contribution in [2.45, 2.75) is 11.8 Å². The van der Waals surface area contributed by atoms with Crippen molar-refractivity contribution in [2.24, 2.45) is 0 Å². The van der Waals surface area contributed by atoms with Gasteiger partial charge in [0.05, 0.1) is 4.90 Å². The highest BCUT2D eigenvalue weighted by molar-refractivity contribution is 7.86. The lowest BCUT2D eigenvalue weighted by Gasteiger charge is -2.02. The Kier molecular flexibility index (Phi) is 3.02. The molecule has 1 rings (SSSR count). The second-order valence-electron chi connectivity index (χ2n) is 2.51. The Morgan fingerprint density at radius 1 is 1.31 bits per heavy atom. The summed E-state index contributed by atoms with van der Waals surface area (Å²) in [6, 6.07) is 6.18. The van der Waals surface area contributed by atoms with Gasteiger partial charge in [-0.2, -0.15) is 8.42 Å². The van der Waals surface area contributed by atoms with Gasteiger partial charge < -0.3 is 5.11 Å². The van der Waals surface area contributed by atoms with Crippen molar-refractivity contribution < 1.29 is 17.7 Å². The van der Waals surface area contributed by atoms with E-state index in [-0.39, 0.29) is 4.90 Å². The Balaban J connectivity index is 3.02. The fourth-order valence-corrected chi connectivity index (χ4v) is 1.59. The van der Waals surface area contributed by atoms with Crippen LogP contribution in [0.4, 0.5) is 0 Å². The molecule has 4 nitrogen and oxygen atoms in total. The SMILES string of the molecule is Cc1ccc(S(=O)(=O)OCO)cc1. The van der Waals surface area contributed by atoms with Crippen LogP contribution in [-0.4, -0.2) is 20.3 Å². The first-order chi connectivity index (χ1) is 6.06. The van der Waals surface area contributed by atoms with E-state index in [0.717, 1.165) is 5.56 Å². The van der Waals surface area contributed by atoms with Crippen LogP contribution in [-0.2, 0) is 14.3 Å². The van der Waals surface area contributed by atoms with Crippen molar-refractivity contribution in [2.75, 3.05) is 6.79 Å². The van der Waals surface area contributed by atoms with E-state index >= 15 is 0 Å². The summed E-state index contributed by atoms with van der Waals surface area (Å²) in [5.74, 6) is 0. The maximum Gasteiger partial charge on any atom is 0.299 e. The van der Waals surface area contributed by atoms with Crippen LogP contribution >= 0.6 is 0 Å². The van der Waals surface area contributed by atoms with Crippen LogP contribution in [0, 0.1) is 6.92 Å². The summed E-state index contributed by atoms with van der Waals surface area (Å²) in [7, 11) is -3.78. The maximum absolute atomic E-state index is 11.2. The molecule has 1 aromatic carbocycles. The lowest BCUT2D eigenvalue weighted by molar-refractivity contribution is 0.105. The van der Waals surface area contributed by atoms with Crippen LogP contribution < -0.4 is 0 Å². The number of rotatable bonds is 3. The second kappa shape index (κ2) is 3.87. The topological polar surface area (TPSA) is 63.6 Å². The molecule has 72 valence electrons. The van der Waals surface area contributed by atoms with Crippen molar-refractivity contribution >= 4 is 10.1 Å². The zero-order chi connectivity index (χ0) is 9.90. The van der Waals surface area contributed by atoms with Gasteiger partial charge in [-0.25, -0.2) is 4.18 Å². The van der Waals surface area contributed by atoms with Gasteiger partial charge in [0.25, 0.3) is 10.1 Å². The minimum Gasteiger partial charge on any atom is -0.369 e. The third-order valence-corrected chi connectivity index (χ3v) is 2.78. The summed E-state index contributed by atoms with van der Waals surface area (Å²) in [6.45, 7) is 1.01. The van der Waals surface area contributed by atoms with Crippen LogP contribution in [0.25, 0.3) is 0 Å². The molecular formula is C8H10O4S.